The zero-order chi connectivity index (χ0) is 17.6. The smallest absolute Gasteiger partial charge is 1.00 e. The number of rotatable bonds is 21. The van der Waals surface area contributed by atoms with Crippen molar-refractivity contribution in [1.29, 1.82) is 0 Å². The van der Waals surface area contributed by atoms with Crippen LogP contribution in [0.4, 0.5) is 0 Å². The second-order valence-electron chi connectivity index (χ2n) is 6.28. The molecule has 0 spiro atoms. The summed E-state index contributed by atoms with van der Waals surface area (Å²) in [6.07, 6.45) is 13.0. The molecule has 0 fully saturated rings. The van der Waals surface area contributed by atoms with Gasteiger partial charge in [0.15, 0.2) is 0 Å². The Hall–Kier alpha value is 0.840. The minimum Gasteiger partial charge on any atom is -1.00 e. The van der Waals surface area contributed by atoms with Gasteiger partial charge in [0.2, 0.25) is 0 Å². The fourth-order valence-electron chi connectivity index (χ4n) is 2.35. The third-order valence-electron chi connectivity index (χ3n) is 3.90. The van der Waals surface area contributed by atoms with Crippen molar-refractivity contribution in [2.45, 2.75) is 78.1 Å². The molecule has 0 aromatic heterocycles. The van der Waals surface area contributed by atoms with Gasteiger partial charge in [0.05, 0.1) is 39.6 Å². The van der Waals surface area contributed by atoms with Gasteiger partial charge in [0, 0.05) is 13.2 Å². The van der Waals surface area contributed by atoms with Crippen LogP contribution >= 0.6 is 0 Å². The second-order valence-corrected chi connectivity index (χ2v) is 6.28. The van der Waals surface area contributed by atoms with Gasteiger partial charge in [-0.25, -0.2) is 0 Å². The van der Waals surface area contributed by atoms with E-state index in [4.69, 9.17) is 18.9 Å². The fourth-order valence-corrected chi connectivity index (χ4v) is 2.35. The van der Waals surface area contributed by atoms with Gasteiger partial charge in [-0.1, -0.05) is 65.2 Å². The van der Waals surface area contributed by atoms with Crippen molar-refractivity contribution in [3.63, 3.8) is 0 Å². The minimum absolute atomic E-state index is 0. The summed E-state index contributed by atoms with van der Waals surface area (Å²) in [5.41, 5.74) is 0. The van der Waals surface area contributed by atoms with Gasteiger partial charge < -0.3 is 20.4 Å². The van der Waals surface area contributed by atoms with Crippen LogP contribution in [-0.2, 0) is 18.9 Å². The largest absolute Gasteiger partial charge is 1.00 e. The first-order valence-corrected chi connectivity index (χ1v) is 10.2. The molecule has 0 aromatic rings. The van der Waals surface area contributed by atoms with Crippen LogP contribution in [-0.4, -0.2) is 52.9 Å². The summed E-state index contributed by atoms with van der Waals surface area (Å²) >= 11 is 0. The van der Waals surface area contributed by atoms with Gasteiger partial charge in [-0.3, -0.25) is 0 Å². The summed E-state index contributed by atoms with van der Waals surface area (Å²) in [5, 5.41) is 0. The molecule has 0 N–H and O–H groups in total. The number of ether oxygens (including phenoxy) is 4. The summed E-state index contributed by atoms with van der Waals surface area (Å²) in [4.78, 5) is 0. The van der Waals surface area contributed by atoms with Gasteiger partial charge in [-0.05, 0) is 12.8 Å². The quantitative estimate of drug-likeness (QED) is 0.229. The van der Waals surface area contributed by atoms with E-state index in [2.05, 4.69) is 13.8 Å². The Balaban J connectivity index is -0.00000264. The number of hydrogen-bond acceptors (Lipinski definition) is 4. The molecule has 5 heteroatoms. The Morgan fingerprint density at radius 3 is 1.16 bits per heavy atom. The molecule has 0 aliphatic heterocycles. The predicted molar refractivity (Wildman–Crippen MR) is 102 cm³/mol. The fraction of sp³-hybridized carbons (Fsp3) is 1.00. The molecule has 0 aromatic carbocycles. The molecule has 148 valence electrons. The van der Waals surface area contributed by atoms with Gasteiger partial charge in [-0.2, -0.15) is 0 Å². The molecular weight excluding hydrogens is 327 g/mol. The van der Waals surface area contributed by atoms with Crippen LogP contribution in [0.2, 0.25) is 0 Å². The summed E-state index contributed by atoms with van der Waals surface area (Å²) in [6.45, 7) is 10.1. The minimum atomic E-state index is 0. The topological polar surface area (TPSA) is 36.9 Å². The van der Waals surface area contributed by atoms with Gasteiger partial charge in [0.1, 0.15) is 0 Å². The summed E-state index contributed by atoms with van der Waals surface area (Å²) in [6, 6.07) is 0. The average Bonchev–Trinajstić information content (AvgIpc) is 2.60. The van der Waals surface area contributed by atoms with Crippen molar-refractivity contribution in [2.24, 2.45) is 0 Å². The van der Waals surface area contributed by atoms with Gasteiger partial charge in [-0.15, -0.1) is 0 Å². The van der Waals surface area contributed by atoms with E-state index in [0.717, 1.165) is 19.6 Å². The van der Waals surface area contributed by atoms with E-state index >= 15 is 0 Å². The van der Waals surface area contributed by atoms with E-state index in [1.54, 1.807) is 0 Å². The first-order chi connectivity index (χ1) is 11.9. The first-order valence-electron chi connectivity index (χ1n) is 10.2. The standard InChI is InChI=1S/C20H42O4.Na.H/c1-3-5-7-8-9-10-11-12-14-22-16-18-24-20-19-23-17-15-21-13-6-4-2;;/h3-20H2,1-2H3;;/q;+1;-1. The van der Waals surface area contributed by atoms with Crippen molar-refractivity contribution in [2.75, 3.05) is 52.9 Å². The summed E-state index contributed by atoms with van der Waals surface area (Å²) < 4.78 is 21.9. The Labute approximate surface area is 180 Å². The third kappa shape index (κ3) is 27.2. The molecule has 0 amide bonds. The molecule has 0 rings (SSSR count). The normalized spacial score (nSPS) is 10.8. The number of unbranched alkanes of at least 4 members (excludes halogenated alkanes) is 8. The third-order valence-corrected chi connectivity index (χ3v) is 3.90. The predicted octanol–water partition coefficient (Wildman–Crippen LogP) is 2.11. The number of hydrogen-bond donors (Lipinski definition) is 0. The van der Waals surface area contributed by atoms with Crippen molar-refractivity contribution in [3.05, 3.63) is 0 Å². The van der Waals surface area contributed by atoms with E-state index in [0.29, 0.717) is 39.6 Å². The van der Waals surface area contributed by atoms with Crippen LogP contribution < -0.4 is 29.6 Å². The molecule has 0 bridgehead atoms. The van der Waals surface area contributed by atoms with Crippen LogP contribution in [0.1, 0.15) is 79.5 Å². The van der Waals surface area contributed by atoms with Crippen molar-refractivity contribution in [1.82, 2.24) is 0 Å². The molecule has 25 heavy (non-hydrogen) atoms. The van der Waals surface area contributed by atoms with E-state index in [9.17, 15) is 0 Å². The maximum absolute atomic E-state index is 5.58. The maximum atomic E-state index is 5.58. The summed E-state index contributed by atoms with van der Waals surface area (Å²) in [5.74, 6) is 0. The first kappa shape index (κ1) is 28.1. The molecule has 0 aliphatic carbocycles. The Morgan fingerprint density at radius 2 is 0.720 bits per heavy atom. The van der Waals surface area contributed by atoms with Crippen molar-refractivity contribution in [3.8, 4) is 0 Å². The van der Waals surface area contributed by atoms with Gasteiger partial charge in [0.25, 0.3) is 0 Å². The van der Waals surface area contributed by atoms with Crippen molar-refractivity contribution < 1.29 is 49.9 Å². The molecule has 0 aliphatic rings. The summed E-state index contributed by atoms with van der Waals surface area (Å²) in [7, 11) is 0. The molecule has 0 unspecified atom stereocenters. The zero-order valence-electron chi connectivity index (χ0n) is 18.4. The molecule has 4 nitrogen and oxygen atoms in total. The zero-order valence-corrected chi connectivity index (χ0v) is 19.4. The van der Waals surface area contributed by atoms with Crippen LogP contribution in [0.3, 0.4) is 0 Å². The molecule has 0 atom stereocenters. The van der Waals surface area contributed by atoms with Crippen LogP contribution in [0.5, 0.6) is 0 Å². The monoisotopic (exact) mass is 370 g/mol. The van der Waals surface area contributed by atoms with Crippen LogP contribution in [0.15, 0.2) is 0 Å². The SMILES string of the molecule is CCCCCCCCCCOCCOCCOCCOCCCC.[H-].[Na+]. The average molecular weight is 371 g/mol. The molecular formula is C20H43NaO4. The van der Waals surface area contributed by atoms with E-state index in [1.807, 2.05) is 0 Å². The van der Waals surface area contributed by atoms with Crippen molar-refractivity contribution >= 4 is 0 Å². The Bertz CT molecular complexity index is 202. The van der Waals surface area contributed by atoms with Crippen LogP contribution in [0, 0.1) is 0 Å². The molecule has 0 saturated carbocycles. The molecule has 0 heterocycles. The van der Waals surface area contributed by atoms with Crippen LogP contribution in [0.25, 0.3) is 0 Å². The van der Waals surface area contributed by atoms with E-state index < -0.39 is 0 Å². The van der Waals surface area contributed by atoms with E-state index in [1.165, 1.54) is 57.8 Å². The maximum Gasteiger partial charge on any atom is 1.00 e. The van der Waals surface area contributed by atoms with Gasteiger partial charge >= 0.3 is 29.6 Å². The van der Waals surface area contributed by atoms with E-state index in [-0.39, 0.29) is 31.0 Å². The Kier molecular flexibility index (Phi) is 30.4. The second kappa shape index (κ2) is 27.1. The molecule has 0 radical (unpaired) electrons. The Morgan fingerprint density at radius 1 is 0.400 bits per heavy atom. The molecule has 0 saturated heterocycles.